The van der Waals surface area contributed by atoms with Crippen molar-refractivity contribution in [3.8, 4) is 0 Å². The van der Waals surface area contributed by atoms with Gasteiger partial charge in [-0.3, -0.25) is 0 Å². The highest BCUT2D eigenvalue weighted by molar-refractivity contribution is 7.91. The first-order valence-electron chi connectivity index (χ1n) is 10.7. The Bertz CT molecular complexity index is 1320. The lowest BCUT2D eigenvalue weighted by molar-refractivity contribution is 0.120. The molecule has 8 heteroatoms. The Kier molecular flexibility index (Phi) is 5.63. The molecule has 5 rings (SSSR count). The number of aromatic nitrogens is 3. The largest absolute Gasteiger partial charge is 0.376 e. The molecule has 1 fully saturated rings. The Morgan fingerprint density at radius 3 is 2.50 bits per heavy atom. The lowest BCUT2D eigenvalue weighted by Gasteiger charge is -2.13. The fourth-order valence-electron chi connectivity index (χ4n) is 4.07. The normalized spacial score (nSPS) is 16.4. The van der Waals surface area contributed by atoms with Gasteiger partial charge in [0.25, 0.3) is 0 Å². The highest BCUT2D eigenvalue weighted by Crippen LogP contribution is 2.32. The van der Waals surface area contributed by atoms with Gasteiger partial charge in [-0.15, -0.1) is 0 Å². The zero-order chi connectivity index (χ0) is 22.0. The fourth-order valence-corrected chi connectivity index (χ4v) is 5.51. The molecule has 1 aliphatic heterocycles. The smallest absolute Gasteiger partial charge is 0.210 e. The van der Waals surface area contributed by atoms with Crippen LogP contribution in [0.5, 0.6) is 0 Å². The van der Waals surface area contributed by atoms with Crippen LogP contribution in [0.1, 0.15) is 18.4 Å². The zero-order valence-corrected chi connectivity index (χ0v) is 18.3. The van der Waals surface area contributed by atoms with E-state index < -0.39 is 9.84 Å². The van der Waals surface area contributed by atoms with Gasteiger partial charge < -0.3 is 14.6 Å². The number of hydrogen-bond acceptors (Lipinski definition) is 6. The van der Waals surface area contributed by atoms with E-state index in [2.05, 4.69) is 15.3 Å². The average molecular weight is 449 g/mol. The van der Waals surface area contributed by atoms with Crippen LogP contribution in [0.25, 0.3) is 11.0 Å². The fraction of sp³-hybridized carbons (Fsp3) is 0.250. The molecule has 1 unspecified atom stereocenters. The Morgan fingerprint density at radius 1 is 1.03 bits per heavy atom. The van der Waals surface area contributed by atoms with Crippen molar-refractivity contribution in [2.45, 2.75) is 35.3 Å². The molecular formula is C24H24N4O3S. The standard InChI is InChI=1S/C24H24N4O3S/c29-32(30,20-11-5-2-6-12-20)21-16-28(15-18-8-3-1-4-9-18)23-22(21)26-17-27-24(23)25-14-19-10-7-13-31-19/h1-6,8-9,11-12,16-17,19H,7,10,13-15H2,(H,25,26,27). The number of nitrogens with zero attached hydrogens (tertiary/aromatic N) is 3. The molecular weight excluding hydrogens is 424 g/mol. The topological polar surface area (TPSA) is 86.1 Å². The van der Waals surface area contributed by atoms with E-state index in [0.717, 1.165) is 25.0 Å². The summed E-state index contributed by atoms with van der Waals surface area (Å²) in [6, 6.07) is 18.4. The highest BCUT2D eigenvalue weighted by Gasteiger charge is 2.26. The molecule has 1 saturated heterocycles. The van der Waals surface area contributed by atoms with Gasteiger partial charge >= 0.3 is 0 Å². The van der Waals surface area contributed by atoms with Crippen LogP contribution in [0.2, 0.25) is 0 Å². The van der Waals surface area contributed by atoms with Gasteiger partial charge in [-0.2, -0.15) is 0 Å². The van der Waals surface area contributed by atoms with Crippen molar-refractivity contribution in [2.75, 3.05) is 18.5 Å². The molecule has 164 valence electrons. The first-order valence-corrected chi connectivity index (χ1v) is 12.1. The second kappa shape index (κ2) is 8.72. The third kappa shape index (κ3) is 3.99. The van der Waals surface area contributed by atoms with Gasteiger partial charge in [0.05, 0.1) is 11.0 Å². The number of nitrogens with one attached hydrogen (secondary N) is 1. The van der Waals surface area contributed by atoms with Gasteiger partial charge in [0.15, 0.2) is 5.82 Å². The highest BCUT2D eigenvalue weighted by atomic mass is 32.2. The Labute approximate surface area is 187 Å². The van der Waals surface area contributed by atoms with E-state index in [0.29, 0.717) is 29.9 Å². The predicted octanol–water partition coefficient (Wildman–Crippen LogP) is 3.90. The van der Waals surface area contributed by atoms with Crippen molar-refractivity contribution in [3.05, 3.63) is 78.8 Å². The van der Waals surface area contributed by atoms with Crippen LogP contribution in [-0.2, 0) is 21.1 Å². The first kappa shape index (κ1) is 20.7. The number of rotatable bonds is 7. The van der Waals surface area contributed by atoms with Crippen LogP contribution in [0, 0.1) is 0 Å². The van der Waals surface area contributed by atoms with Crippen molar-refractivity contribution in [2.24, 2.45) is 0 Å². The molecule has 0 radical (unpaired) electrons. The summed E-state index contributed by atoms with van der Waals surface area (Å²) in [6.07, 6.45) is 5.27. The summed E-state index contributed by atoms with van der Waals surface area (Å²) in [5.74, 6) is 0.607. The van der Waals surface area contributed by atoms with Crippen LogP contribution < -0.4 is 5.32 Å². The summed E-state index contributed by atoms with van der Waals surface area (Å²) in [6.45, 7) is 1.89. The summed E-state index contributed by atoms with van der Waals surface area (Å²) in [5, 5.41) is 3.37. The first-order chi connectivity index (χ1) is 15.6. The van der Waals surface area contributed by atoms with E-state index in [-0.39, 0.29) is 15.9 Å². The quantitative estimate of drug-likeness (QED) is 0.461. The maximum absolute atomic E-state index is 13.5. The van der Waals surface area contributed by atoms with Crippen LogP contribution >= 0.6 is 0 Å². The Morgan fingerprint density at radius 2 is 1.78 bits per heavy atom. The molecule has 1 aliphatic rings. The van der Waals surface area contributed by atoms with Crippen molar-refractivity contribution < 1.29 is 13.2 Å². The molecule has 32 heavy (non-hydrogen) atoms. The summed E-state index contributed by atoms with van der Waals surface area (Å²) >= 11 is 0. The van der Waals surface area contributed by atoms with Crippen molar-refractivity contribution >= 4 is 26.7 Å². The Balaban J connectivity index is 1.62. The van der Waals surface area contributed by atoms with Crippen molar-refractivity contribution in [1.29, 1.82) is 0 Å². The van der Waals surface area contributed by atoms with Crippen LogP contribution in [0.3, 0.4) is 0 Å². The second-order valence-corrected chi connectivity index (χ2v) is 9.78. The summed E-state index contributed by atoms with van der Waals surface area (Å²) in [4.78, 5) is 9.26. The number of anilines is 1. The molecule has 2 aromatic heterocycles. The molecule has 0 spiro atoms. The van der Waals surface area contributed by atoms with Gasteiger partial charge in [-0.05, 0) is 30.5 Å². The average Bonchev–Trinajstić information content (AvgIpc) is 3.48. The maximum atomic E-state index is 13.5. The van der Waals surface area contributed by atoms with Gasteiger partial charge in [0.2, 0.25) is 9.84 Å². The van der Waals surface area contributed by atoms with E-state index in [1.807, 2.05) is 34.9 Å². The third-order valence-electron chi connectivity index (χ3n) is 5.68. The minimum atomic E-state index is -3.75. The summed E-state index contributed by atoms with van der Waals surface area (Å²) < 4.78 is 34.6. The molecule has 7 nitrogen and oxygen atoms in total. The number of ether oxygens (including phenoxy) is 1. The lowest BCUT2D eigenvalue weighted by atomic mass is 10.2. The van der Waals surface area contributed by atoms with Gasteiger partial charge in [-0.25, -0.2) is 18.4 Å². The van der Waals surface area contributed by atoms with Gasteiger partial charge in [0, 0.05) is 25.9 Å². The predicted molar refractivity (Wildman–Crippen MR) is 122 cm³/mol. The third-order valence-corrected chi connectivity index (χ3v) is 7.45. The molecule has 2 aromatic carbocycles. The summed E-state index contributed by atoms with van der Waals surface area (Å²) in [7, 11) is -3.75. The monoisotopic (exact) mass is 448 g/mol. The van der Waals surface area contributed by atoms with Crippen molar-refractivity contribution in [3.63, 3.8) is 0 Å². The van der Waals surface area contributed by atoms with Crippen LogP contribution in [0.15, 0.2) is 83.0 Å². The molecule has 0 amide bonds. The molecule has 1 N–H and O–H groups in total. The van der Waals surface area contributed by atoms with E-state index >= 15 is 0 Å². The Hall–Kier alpha value is -3.23. The van der Waals surface area contributed by atoms with E-state index in [9.17, 15) is 8.42 Å². The lowest BCUT2D eigenvalue weighted by Crippen LogP contribution is -2.19. The molecule has 0 saturated carbocycles. The van der Waals surface area contributed by atoms with Crippen molar-refractivity contribution in [1.82, 2.24) is 14.5 Å². The van der Waals surface area contributed by atoms with E-state index in [1.165, 1.54) is 6.33 Å². The van der Waals surface area contributed by atoms with Crippen LogP contribution in [0.4, 0.5) is 5.82 Å². The number of sulfone groups is 1. The number of hydrogen-bond donors (Lipinski definition) is 1. The van der Waals surface area contributed by atoms with E-state index in [1.54, 1.807) is 36.5 Å². The minimum Gasteiger partial charge on any atom is -0.376 e. The number of benzene rings is 2. The maximum Gasteiger partial charge on any atom is 0.210 e. The molecule has 3 heterocycles. The van der Waals surface area contributed by atoms with Gasteiger partial charge in [-0.1, -0.05) is 48.5 Å². The number of fused-ring (bicyclic) bond motifs is 1. The van der Waals surface area contributed by atoms with E-state index in [4.69, 9.17) is 4.74 Å². The van der Waals surface area contributed by atoms with Crippen LogP contribution in [-0.4, -0.2) is 42.2 Å². The summed E-state index contributed by atoms with van der Waals surface area (Å²) in [5.41, 5.74) is 2.14. The molecule has 0 bridgehead atoms. The SMILES string of the molecule is O=S(=O)(c1ccccc1)c1cn(Cc2ccccc2)c2c(NCC3CCCO3)ncnc12. The molecule has 0 aliphatic carbocycles. The molecule has 4 aromatic rings. The zero-order valence-electron chi connectivity index (χ0n) is 17.5. The van der Waals surface area contributed by atoms with Gasteiger partial charge in [0.1, 0.15) is 22.3 Å². The second-order valence-electron chi connectivity index (χ2n) is 7.86. The molecule has 1 atom stereocenters. The minimum absolute atomic E-state index is 0.130.